The van der Waals surface area contributed by atoms with Crippen LogP contribution in [0.15, 0.2) is 71.2 Å². The first-order chi connectivity index (χ1) is 15.2. The van der Waals surface area contributed by atoms with Gasteiger partial charge in [0, 0.05) is 11.1 Å². The van der Waals surface area contributed by atoms with Gasteiger partial charge < -0.3 is 9.47 Å². The van der Waals surface area contributed by atoms with Crippen molar-refractivity contribution in [1.82, 2.24) is 15.2 Å². The van der Waals surface area contributed by atoms with Crippen LogP contribution in [0.2, 0.25) is 0 Å². The van der Waals surface area contributed by atoms with Crippen LogP contribution >= 0.6 is 23.1 Å². The van der Waals surface area contributed by atoms with E-state index in [1.54, 1.807) is 14.2 Å². The van der Waals surface area contributed by atoms with Crippen LogP contribution in [-0.4, -0.2) is 40.9 Å². The molecule has 0 saturated carbocycles. The van der Waals surface area contributed by atoms with Crippen molar-refractivity contribution in [3.63, 3.8) is 0 Å². The van der Waals surface area contributed by atoms with E-state index in [-0.39, 0.29) is 11.5 Å². The van der Waals surface area contributed by atoms with Crippen LogP contribution in [-0.2, 0) is 0 Å². The Labute approximate surface area is 188 Å². The lowest BCUT2D eigenvalue weighted by Gasteiger charge is -2.10. The number of nitrogens with zero attached hydrogens (tertiary/aromatic N) is 3. The highest BCUT2D eigenvalue weighted by Crippen LogP contribution is 2.32. The van der Waals surface area contributed by atoms with Gasteiger partial charge >= 0.3 is 0 Å². The summed E-state index contributed by atoms with van der Waals surface area (Å²) >= 11 is 2.71. The normalized spacial score (nSPS) is 10.6. The summed E-state index contributed by atoms with van der Waals surface area (Å²) in [5.41, 5.74) is 3.10. The molecule has 8 heteroatoms. The zero-order valence-electron chi connectivity index (χ0n) is 16.9. The van der Waals surface area contributed by atoms with Crippen LogP contribution < -0.4 is 9.47 Å². The highest BCUT2D eigenvalue weighted by Gasteiger charge is 2.16. The van der Waals surface area contributed by atoms with E-state index in [1.807, 2.05) is 66.0 Å². The highest BCUT2D eigenvalue weighted by molar-refractivity contribution is 7.99. The molecule has 2 heterocycles. The Morgan fingerprint density at radius 1 is 0.871 bits per heavy atom. The quantitative estimate of drug-likeness (QED) is 0.268. The lowest BCUT2D eigenvalue weighted by Crippen LogP contribution is -2.03. The summed E-state index contributed by atoms with van der Waals surface area (Å²) in [5, 5.41) is 11.1. The molecule has 4 aromatic rings. The Balaban J connectivity index is 1.67. The van der Waals surface area contributed by atoms with E-state index in [9.17, 15) is 4.79 Å². The molecule has 0 unspecified atom stereocenters. The Morgan fingerprint density at radius 3 is 2.03 bits per heavy atom. The highest BCUT2D eigenvalue weighted by atomic mass is 32.2. The summed E-state index contributed by atoms with van der Waals surface area (Å²) in [6.07, 6.45) is 0. The van der Waals surface area contributed by atoms with Gasteiger partial charge in [-0.15, -0.1) is 21.5 Å². The molecular weight excluding hydrogens is 430 g/mol. The number of rotatable bonds is 8. The zero-order valence-corrected chi connectivity index (χ0v) is 18.6. The number of aromatic nitrogens is 3. The number of carbonyl (C=O) groups excluding carboxylic acids is 1. The second-order valence-corrected chi connectivity index (χ2v) is 8.33. The van der Waals surface area contributed by atoms with Crippen LogP contribution in [0.25, 0.3) is 22.5 Å². The van der Waals surface area contributed by atoms with Crippen LogP contribution in [0.4, 0.5) is 0 Å². The van der Waals surface area contributed by atoms with Crippen molar-refractivity contribution in [2.45, 2.75) is 5.16 Å². The maximum absolute atomic E-state index is 12.3. The fraction of sp³-hybridized carbons (Fsp3) is 0.130. The van der Waals surface area contributed by atoms with Gasteiger partial charge in [0.15, 0.2) is 5.78 Å². The number of benzene rings is 2. The maximum Gasteiger partial charge on any atom is 0.210 e. The Morgan fingerprint density at radius 2 is 1.48 bits per heavy atom. The summed E-state index contributed by atoms with van der Waals surface area (Å²) in [7, 11) is 3.26. The van der Waals surface area contributed by atoms with Gasteiger partial charge in [0.25, 0.3) is 0 Å². The van der Waals surface area contributed by atoms with E-state index in [0.29, 0.717) is 16.5 Å². The summed E-state index contributed by atoms with van der Waals surface area (Å²) in [5.74, 6) is 1.82. The molecule has 6 nitrogen and oxygen atoms in total. The third kappa shape index (κ3) is 4.92. The number of ketones is 1. The second-order valence-electron chi connectivity index (χ2n) is 6.44. The molecule has 2 aromatic heterocycles. The minimum atomic E-state index is 0.0498. The van der Waals surface area contributed by atoms with Crippen LogP contribution in [0.1, 0.15) is 9.67 Å². The minimum absolute atomic E-state index is 0.0498. The molecule has 31 heavy (non-hydrogen) atoms. The Hall–Kier alpha value is -3.23. The molecule has 156 valence electrons. The number of thioether (sulfide) groups is 1. The zero-order chi connectivity index (χ0) is 21.6. The van der Waals surface area contributed by atoms with Crippen molar-refractivity contribution in [1.29, 1.82) is 0 Å². The van der Waals surface area contributed by atoms with Gasteiger partial charge in [0.2, 0.25) is 5.16 Å². The minimum Gasteiger partial charge on any atom is -0.497 e. The monoisotopic (exact) mass is 449 g/mol. The third-order valence-corrected chi connectivity index (χ3v) is 6.27. The molecule has 0 aliphatic heterocycles. The average molecular weight is 450 g/mol. The molecule has 0 amide bonds. The van der Waals surface area contributed by atoms with Crippen molar-refractivity contribution < 1.29 is 14.3 Å². The van der Waals surface area contributed by atoms with Crippen LogP contribution in [0, 0.1) is 0 Å². The molecule has 0 aliphatic carbocycles. The maximum atomic E-state index is 12.3. The van der Waals surface area contributed by atoms with Gasteiger partial charge in [-0.3, -0.25) is 4.79 Å². The van der Waals surface area contributed by atoms with Gasteiger partial charge in [-0.05, 0) is 60.0 Å². The third-order valence-electron chi connectivity index (χ3n) is 4.52. The van der Waals surface area contributed by atoms with E-state index >= 15 is 0 Å². The average Bonchev–Trinajstić information content (AvgIpc) is 3.38. The number of ether oxygens (including phenoxy) is 2. The van der Waals surface area contributed by atoms with E-state index in [4.69, 9.17) is 14.5 Å². The first kappa shape index (κ1) is 21.0. The molecule has 0 radical (unpaired) electrons. The lowest BCUT2D eigenvalue weighted by molar-refractivity contribution is 0.102. The van der Waals surface area contributed by atoms with Crippen molar-refractivity contribution in [3.8, 4) is 34.0 Å². The lowest BCUT2D eigenvalue weighted by atomic mass is 10.0. The molecule has 0 aliphatic rings. The van der Waals surface area contributed by atoms with Crippen molar-refractivity contribution in [2.75, 3.05) is 20.0 Å². The predicted molar refractivity (Wildman–Crippen MR) is 123 cm³/mol. The standard InChI is InChI=1S/C23H19N3O3S2/c1-28-17-9-5-15(6-10-17)21-22(16-7-11-18(29-2)12-8-16)25-26-23(24-21)31-14-19(27)20-4-3-13-30-20/h3-13H,14H2,1-2H3. The second kappa shape index (κ2) is 9.72. The molecular formula is C23H19N3O3S2. The Kier molecular flexibility index (Phi) is 6.59. The number of hydrogen-bond acceptors (Lipinski definition) is 8. The Bertz CT molecular complexity index is 1160. The largest absolute Gasteiger partial charge is 0.497 e. The number of Topliss-reactive ketones (excluding diaryl/α,β-unsaturated/α-hetero) is 1. The summed E-state index contributed by atoms with van der Waals surface area (Å²) < 4.78 is 10.5. The van der Waals surface area contributed by atoms with Gasteiger partial charge in [0.1, 0.15) is 22.9 Å². The van der Waals surface area contributed by atoms with Crippen molar-refractivity contribution in [2.24, 2.45) is 0 Å². The molecule has 0 N–H and O–H groups in total. The van der Waals surface area contributed by atoms with Gasteiger partial charge in [-0.2, -0.15) is 0 Å². The number of methoxy groups -OCH3 is 2. The fourth-order valence-electron chi connectivity index (χ4n) is 2.90. The summed E-state index contributed by atoms with van der Waals surface area (Å²) in [6.45, 7) is 0. The summed E-state index contributed by atoms with van der Waals surface area (Å²) in [4.78, 5) is 17.8. The smallest absolute Gasteiger partial charge is 0.210 e. The number of hydrogen-bond donors (Lipinski definition) is 0. The van der Waals surface area contributed by atoms with E-state index in [2.05, 4.69) is 10.2 Å². The first-order valence-corrected chi connectivity index (χ1v) is 11.3. The molecule has 0 fully saturated rings. The van der Waals surface area contributed by atoms with Gasteiger partial charge in [-0.1, -0.05) is 17.8 Å². The van der Waals surface area contributed by atoms with Gasteiger partial charge in [0.05, 0.1) is 24.8 Å². The van der Waals surface area contributed by atoms with E-state index in [1.165, 1.54) is 23.1 Å². The molecule has 0 spiro atoms. The number of thiophene rings is 1. The summed E-state index contributed by atoms with van der Waals surface area (Å²) in [6, 6.07) is 18.9. The van der Waals surface area contributed by atoms with Crippen molar-refractivity contribution in [3.05, 3.63) is 70.9 Å². The van der Waals surface area contributed by atoms with Crippen LogP contribution in [0.3, 0.4) is 0 Å². The van der Waals surface area contributed by atoms with E-state index in [0.717, 1.165) is 27.5 Å². The molecule has 0 bridgehead atoms. The topological polar surface area (TPSA) is 74.2 Å². The number of carbonyl (C=O) groups is 1. The van der Waals surface area contributed by atoms with Crippen molar-refractivity contribution >= 4 is 28.9 Å². The SMILES string of the molecule is COc1ccc(-c2nnc(SCC(=O)c3cccs3)nc2-c2ccc(OC)cc2)cc1. The van der Waals surface area contributed by atoms with Crippen LogP contribution in [0.5, 0.6) is 11.5 Å². The molecule has 2 aromatic carbocycles. The molecule has 0 atom stereocenters. The molecule has 0 saturated heterocycles. The molecule has 4 rings (SSSR count). The van der Waals surface area contributed by atoms with Gasteiger partial charge in [-0.25, -0.2) is 4.98 Å². The first-order valence-electron chi connectivity index (χ1n) is 9.41. The van der Waals surface area contributed by atoms with E-state index < -0.39 is 0 Å². The predicted octanol–water partition coefficient (Wildman–Crippen LogP) is 5.26. The fourth-order valence-corrected chi connectivity index (χ4v) is 4.33.